The van der Waals surface area contributed by atoms with Gasteiger partial charge >= 0.3 is 0 Å². The van der Waals surface area contributed by atoms with Gasteiger partial charge in [-0.3, -0.25) is 9.69 Å². The molecule has 1 heterocycles. The molecule has 206 valence electrons. The lowest BCUT2D eigenvalue weighted by molar-refractivity contribution is -0.124. The van der Waals surface area contributed by atoms with Crippen LogP contribution >= 0.6 is 0 Å². The standard InChI is InChI=1S/C29H40N4O5/c1-6-20-13-22(10-11-23(20)16-33(8-3)9-4)29-31-28(32-38-29)24-12-19(5)27(21(7-2)14-24)37-18-25(35)15-30-26(36)17-34/h10-14,25,34-35H,6-9,15-18H2,1-5H3,(H,30,36)/t25-/m0/s1. The number of carbonyl (C=O) groups is 1. The molecule has 3 rings (SSSR count). The van der Waals surface area contributed by atoms with Crippen molar-refractivity contribution in [2.24, 2.45) is 0 Å². The highest BCUT2D eigenvalue weighted by Gasteiger charge is 2.17. The number of aromatic nitrogens is 2. The number of amides is 1. The molecule has 0 spiro atoms. The first-order valence-corrected chi connectivity index (χ1v) is 13.3. The van der Waals surface area contributed by atoms with Crippen LogP contribution in [0.5, 0.6) is 5.75 Å². The summed E-state index contributed by atoms with van der Waals surface area (Å²) in [6, 6.07) is 10.3. The Balaban J connectivity index is 1.78. The number of rotatable bonds is 14. The summed E-state index contributed by atoms with van der Waals surface area (Å²) < 4.78 is 11.6. The predicted molar refractivity (Wildman–Crippen MR) is 147 cm³/mol. The van der Waals surface area contributed by atoms with Crippen molar-refractivity contribution in [1.29, 1.82) is 0 Å². The van der Waals surface area contributed by atoms with Crippen LogP contribution in [0.15, 0.2) is 34.9 Å². The zero-order valence-electron chi connectivity index (χ0n) is 23.1. The van der Waals surface area contributed by atoms with Crippen LogP contribution in [0.3, 0.4) is 0 Å². The maximum atomic E-state index is 11.2. The van der Waals surface area contributed by atoms with Crippen LogP contribution in [-0.4, -0.2) is 70.1 Å². The van der Waals surface area contributed by atoms with Gasteiger partial charge in [0.05, 0.1) is 0 Å². The Labute approximate surface area is 224 Å². The smallest absolute Gasteiger partial charge is 0.258 e. The molecule has 0 saturated carbocycles. The van der Waals surface area contributed by atoms with Gasteiger partial charge in [-0.05, 0) is 79.4 Å². The van der Waals surface area contributed by atoms with Crippen LogP contribution in [-0.2, 0) is 24.2 Å². The zero-order chi connectivity index (χ0) is 27.7. The molecule has 0 radical (unpaired) electrons. The Bertz CT molecular complexity index is 1210. The van der Waals surface area contributed by atoms with E-state index in [9.17, 15) is 9.90 Å². The summed E-state index contributed by atoms with van der Waals surface area (Å²) in [5.74, 6) is 1.12. The maximum Gasteiger partial charge on any atom is 0.258 e. The highest BCUT2D eigenvalue weighted by atomic mass is 16.5. The number of benzene rings is 2. The fraction of sp³-hybridized carbons (Fsp3) is 0.483. The lowest BCUT2D eigenvalue weighted by atomic mass is 10.0. The lowest BCUT2D eigenvalue weighted by Crippen LogP contribution is -2.36. The number of aliphatic hydroxyl groups is 2. The summed E-state index contributed by atoms with van der Waals surface area (Å²) in [6.45, 7) is 12.8. The third-order valence-corrected chi connectivity index (χ3v) is 6.64. The molecular formula is C29H40N4O5. The average Bonchev–Trinajstić information content (AvgIpc) is 3.44. The van der Waals surface area contributed by atoms with Gasteiger partial charge in [0, 0.05) is 24.2 Å². The second kappa shape index (κ2) is 14.0. The van der Waals surface area contributed by atoms with E-state index in [2.05, 4.69) is 53.3 Å². The third-order valence-electron chi connectivity index (χ3n) is 6.64. The Morgan fingerprint density at radius 3 is 2.42 bits per heavy atom. The van der Waals surface area contributed by atoms with E-state index in [0.29, 0.717) is 23.9 Å². The minimum Gasteiger partial charge on any atom is -0.490 e. The van der Waals surface area contributed by atoms with Gasteiger partial charge in [-0.2, -0.15) is 4.98 Å². The van der Waals surface area contributed by atoms with Gasteiger partial charge in [0.2, 0.25) is 11.7 Å². The lowest BCUT2D eigenvalue weighted by Gasteiger charge is -2.20. The molecule has 1 atom stereocenters. The minimum absolute atomic E-state index is 0.000191. The highest BCUT2D eigenvalue weighted by molar-refractivity contribution is 5.76. The van der Waals surface area contributed by atoms with Gasteiger partial charge in [-0.1, -0.05) is 38.9 Å². The predicted octanol–water partition coefficient (Wildman–Crippen LogP) is 3.53. The van der Waals surface area contributed by atoms with Crippen molar-refractivity contribution in [3.8, 4) is 28.6 Å². The number of nitrogens with zero attached hydrogens (tertiary/aromatic N) is 3. The Morgan fingerprint density at radius 1 is 1.05 bits per heavy atom. The van der Waals surface area contributed by atoms with E-state index in [0.717, 1.165) is 48.3 Å². The Morgan fingerprint density at radius 2 is 1.76 bits per heavy atom. The van der Waals surface area contributed by atoms with Crippen LogP contribution in [0.2, 0.25) is 0 Å². The molecule has 0 aliphatic heterocycles. The summed E-state index contributed by atoms with van der Waals surface area (Å²) in [5.41, 5.74) is 6.15. The van der Waals surface area contributed by atoms with Crippen molar-refractivity contribution in [2.45, 2.75) is 60.1 Å². The zero-order valence-corrected chi connectivity index (χ0v) is 23.1. The molecule has 9 heteroatoms. The number of carbonyl (C=O) groups excluding carboxylic acids is 1. The topological polar surface area (TPSA) is 121 Å². The van der Waals surface area contributed by atoms with E-state index in [1.54, 1.807) is 0 Å². The molecule has 3 N–H and O–H groups in total. The van der Waals surface area contributed by atoms with Gasteiger partial charge in [0.25, 0.3) is 5.89 Å². The number of hydrogen-bond donors (Lipinski definition) is 3. The second-order valence-corrected chi connectivity index (χ2v) is 9.28. The quantitative estimate of drug-likeness (QED) is 0.293. The molecule has 0 aliphatic rings. The van der Waals surface area contributed by atoms with Crippen molar-refractivity contribution in [3.63, 3.8) is 0 Å². The van der Waals surface area contributed by atoms with Crippen molar-refractivity contribution in [1.82, 2.24) is 20.4 Å². The first-order valence-electron chi connectivity index (χ1n) is 13.3. The van der Waals surface area contributed by atoms with E-state index in [1.165, 1.54) is 11.1 Å². The van der Waals surface area contributed by atoms with E-state index in [4.69, 9.17) is 14.4 Å². The minimum atomic E-state index is -0.902. The summed E-state index contributed by atoms with van der Waals surface area (Å²) in [7, 11) is 0. The van der Waals surface area contributed by atoms with E-state index >= 15 is 0 Å². The van der Waals surface area contributed by atoms with Crippen LogP contribution in [0, 0.1) is 6.92 Å². The van der Waals surface area contributed by atoms with Crippen molar-refractivity contribution >= 4 is 5.91 Å². The van der Waals surface area contributed by atoms with Crippen molar-refractivity contribution in [2.75, 3.05) is 32.8 Å². The number of aryl methyl sites for hydroxylation is 3. The van der Waals surface area contributed by atoms with Gasteiger partial charge in [-0.25, -0.2) is 0 Å². The van der Waals surface area contributed by atoms with Gasteiger partial charge in [0.15, 0.2) is 0 Å². The van der Waals surface area contributed by atoms with Gasteiger partial charge in [0.1, 0.15) is 25.1 Å². The molecular weight excluding hydrogens is 484 g/mol. The third kappa shape index (κ3) is 7.40. The molecule has 0 saturated heterocycles. The number of nitrogens with one attached hydrogen (secondary N) is 1. The fourth-order valence-electron chi connectivity index (χ4n) is 4.36. The van der Waals surface area contributed by atoms with E-state index in [1.807, 2.05) is 32.0 Å². The summed E-state index contributed by atoms with van der Waals surface area (Å²) in [4.78, 5) is 18.3. The molecule has 38 heavy (non-hydrogen) atoms. The summed E-state index contributed by atoms with van der Waals surface area (Å²) >= 11 is 0. The van der Waals surface area contributed by atoms with Crippen molar-refractivity contribution in [3.05, 3.63) is 52.6 Å². The Kier molecular flexibility index (Phi) is 10.8. The SMILES string of the molecule is CCc1cc(-c2nc(-c3cc(C)c(OC[C@@H](O)CNC(=O)CO)c(CC)c3)no2)ccc1CN(CC)CC. The fourth-order valence-corrected chi connectivity index (χ4v) is 4.36. The molecule has 3 aromatic rings. The first kappa shape index (κ1) is 29.3. The van der Waals surface area contributed by atoms with Crippen LogP contribution in [0.1, 0.15) is 49.9 Å². The molecule has 0 aliphatic carbocycles. The second-order valence-electron chi connectivity index (χ2n) is 9.28. The summed E-state index contributed by atoms with van der Waals surface area (Å²) in [6.07, 6.45) is 0.731. The van der Waals surface area contributed by atoms with Crippen LogP contribution in [0.25, 0.3) is 22.8 Å². The molecule has 0 unspecified atom stereocenters. The van der Waals surface area contributed by atoms with E-state index < -0.39 is 18.6 Å². The number of hydrogen-bond acceptors (Lipinski definition) is 8. The molecule has 2 aromatic carbocycles. The Hall–Kier alpha value is -3.27. The maximum absolute atomic E-state index is 11.2. The van der Waals surface area contributed by atoms with Crippen molar-refractivity contribution < 1.29 is 24.3 Å². The molecule has 0 fully saturated rings. The van der Waals surface area contributed by atoms with Crippen LogP contribution in [0.4, 0.5) is 0 Å². The molecule has 9 nitrogen and oxygen atoms in total. The molecule has 1 aromatic heterocycles. The monoisotopic (exact) mass is 524 g/mol. The van der Waals surface area contributed by atoms with E-state index in [-0.39, 0.29) is 13.2 Å². The normalized spacial score (nSPS) is 12.1. The summed E-state index contributed by atoms with van der Waals surface area (Å²) in [5, 5.41) is 25.6. The number of ether oxygens (including phenoxy) is 1. The largest absolute Gasteiger partial charge is 0.490 e. The number of aliphatic hydroxyl groups excluding tert-OH is 2. The highest BCUT2D eigenvalue weighted by Crippen LogP contribution is 2.31. The van der Waals surface area contributed by atoms with Gasteiger partial charge < -0.3 is 24.8 Å². The first-order chi connectivity index (χ1) is 18.3. The molecule has 1 amide bonds. The average molecular weight is 525 g/mol. The van der Waals surface area contributed by atoms with Crippen LogP contribution < -0.4 is 10.1 Å². The molecule has 0 bridgehead atoms. The van der Waals surface area contributed by atoms with Gasteiger partial charge in [-0.15, -0.1) is 0 Å².